The maximum atomic E-state index is 5.87. The fraction of sp³-hybridized carbons (Fsp3) is 0.286. The average Bonchev–Trinajstić information content (AvgIpc) is 2.96. The minimum absolute atomic E-state index is 0.576. The van der Waals surface area contributed by atoms with Crippen LogP contribution in [0.25, 0.3) is 11.2 Å². The molecule has 3 nitrogen and oxygen atoms in total. The Kier molecular flexibility index (Phi) is 3.53. The zero-order valence-corrected chi connectivity index (χ0v) is 12.2. The third-order valence-electron chi connectivity index (χ3n) is 3.01. The summed E-state index contributed by atoms with van der Waals surface area (Å²) in [5.41, 5.74) is 1.88. The van der Waals surface area contributed by atoms with Crippen molar-refractivity contribution >= 4 is 34.1 Å². The lowest BCUT2D eigenvalue weighted by Crippen LogP contribution is -2.05. The fourth-order valence-electron chi connectivity index (χ4n) is 2.17. The van der Waals surface area contributed by atoms with Gasteiger partial charge in [0.25, 0.3) is 0 Å². The largest absolute Gasteiger partial charge is 0.307 e. The number of thiophene rings is 1. The SMILES string of the molecule is Cc1ccc(Cn2c(CCCl)nc3cccnc32)s1. The predicted molar refractivity (Wildman–Crippen MR) is 80.1 cm³/mol. The van der Waals surface area contributed by atoms with E-state index in [1.807, 2.05) is 29.7 Å². The van der Waals surface area contributed by atoms with Crippen LogP contribution in [0.15, 0.2) is 30.5 Å². The topological polar surface area (TPSA) is 30.7 Å². The molecule has 0 saturated carbocycles. The average molecular weight is 292 g/mol. The summed E-state index contributed by atoms with van der Waals surface area (Å²) < 4.78 is 2.17. The van der Waals surface area contributed by atoms with Crippen LogP contribution in [-0.2, 0) is 13.0 Å². The number of pyridine rings is 1. The molecule has 0 amide bonds. The highest BCUT2D eigenvalue weighted by molar-refractivity contribution is 7.11. The van der Waals surface area contributed by atoms with E-state index in [1.165, 1.54) is 9.75 Å². The van der Waals surface area contributed by atoms with E-state index in [1.54, 1.807) is 0 Å². The molecule has 0 spiro atoms. The van der Waals surface area contributed by atoms with Gasteiger partial charge in [-0.15, -0.1) is 22.9 Å². The van der Waals surface area contributed by atoms with Gasteiger partial charge in [-0.25, -0.2) is 9.97 Å². The molecule has 0 saturated heterocycles. The van der Waals surface area contributed by atoms with E-state index in [0.29, 0.717) is 5.88 Å². The van der Waals surface area contributed by atoms with Crippen molar-refractivity contribution in [3.63, 3.8) is 0 Å². The van der Waals surface area contributed by atoms with Crippen LogP contribution in [0, 0.1) is 6.92 Å². The van der Waals surface area contributed by atoms with Gasteiger partial charge in [0.1, 0.15) is 11.3 Å². The van der Waals surface area contributed by atoms with Gasteiger partial charge in [0.15, 0.2) is 5.65 Å². The molecule has 0 bridgehead atoms. The number of aromatic nitrogens is 3. The smallest absolute Gasteiger partial charge is 0.160 e. The van der Waals surface area contributed by atoms with Crippen molar-refractivity contribution in [3.05, 3.63) is 46.0 Å². The number of hydrogen-bond acceptors (Lipinski definition) is 3. The van der Waals surface area contributed by atoms with Gasteiger partial charge in [-0.3, -0.25) is 0 Å². The van der Waals surface area contributed by atoms with Crippen LogP contribution in [0.1, 0.15) is 15.6 Å². The third kappa shape index (κ3) is 2.51. The second-order valence-electron chi connectivity index (χ2n) is 4.41. The summed E-state index contributed by atoms with van der Waals surface area (Å²) in [6, 6.07) is 8.22. The molecular formula is C14H14ClN3S. The van der Waals surface area contributed by atoms with Crippen molar-refractivity contribution in [2.75, 3.05) is 5.88 Å². The van der Waals surface area contributed by atoms with Gasteiger partial charge < -0.3 is 4.57 Å². The molecule has 3 heterocycles. The number of fused-ring (bicyclic) bond motifs is 1. The number of alkyl halides is 1. The van der Waals surface area contributed by atoms with Gasteiger partial charge in [-0.05, 0) is 31.2 Å². The van der Waals surface area contributed by atoms with E-state index in [9.17, 15) is 0 Å². The van der Waals surface area contributed by atoms with E-state index >= 15 is 0 Å². The molecule has 3 aromatic heterocycles. The maximum absolute atomic E-state index is 5.87. The van der Waals surface area contributed by atoms with Crippen molar-refractivity contribution in [3.8, 4) is 0 Å². The first-order valence-corrected chi connectivity index (χ1v) is 7.54. The fourth-order valence-corrected chi connectivity index (χ4v) is 3.22. The minimum Gasteiger partial charge on any atom is -0.307 e. The van der Waals surface area contributed by atoms with Crippen molar-refractivity contribution in [1.29, 1.82) is 0 Å². The highest BCUT2D eigenvalue weighted by atomic mass is 35.5. The number of aryl methyl sites for hydroxylation is 2. The Morgan fingerprint density at radius 2 is 2.21 bits per heavy atom. The second kappa shape index (κ2) is 5.31. The molecule has 98 valence electrons. The van der Waals surface area contributed by atoms with Crippen LogP contribution in [0.4, 0.5) is 0 Å². The highest BCUT2D eigenvalue weighted by Gasteiger charge is 2.12. The van der Waals surface area contributed by atoms with Gasteiger partial charge in [-0.2, -0.15) is 0 Å². The number of imidazole rings is 1. The van der Waals surface area contributed by atoms with Crippen molar-refractivity contribution < 1.29 is 0 Å². The Morgan fingerprint density at radius 1 is 1.32 bits per heavy atom. The van der Waals surface area contributed by atoms with Gasteiger partial charge in [0.2, 0.25) is 0 Å². The molecule has 0 N–H and O–H groups in total. The van der Waals surface area contributed by atoms with Crippen LogP contribution < -0.4 is 0 Å². The van der Waals surface area contributed by atoms with E-state index in [2.05, 4.69) is 33.6 Å². The lowest BCUT2D eigenvalue weighted by molar-refractivity contribution is 0.756. The third-order valence-corrected chi connectivity index (χ3v) is 4.19. The Labute approximate surface area is 120 Å². The van der Waals surface area contributed by atoms with Crippen LogP contribution >= 0.6 is 22.9 Å². The monoisotopic (exact) mass is 291 g/mol. The van der Waals surface area contributed by atoms with Gasteiger partial charge >= 0.3 is 0 Å². The molecule has 3 aromatic rings. The maximum Gasteiger partial charge on any atom is 0.160 e. The number of nitrogens with zero attached hydrogens (tertiary/aromatic N) is 3. The molecule has 0 aliphatic rings. The number of hydrogen-bond donors (Lipinski definition) is 0. The molecule has 0 radical (unpaired) electrons. The molecular weight excluding hydrogens is 278 g/mol. The van der Waals surface area contributed by atoms with Gasteiger partial charge in [-0.1, -0.05) is 0 Å². The summed E-state index contributed by atoms with van der Waals surface area (Å²) in [7, 11) is 0. The first-order chi connectivity index (χ1) is 9.28. The first-order valence-electron chi connectivity index (χ1n) is 6.19. The molecule has 0 aliphatic carbocycles. The van der Waals surface area contributed by atoms with Gasteiger partial charge in [0.05, 0.1) is 6.54 Å². The zero-order valence-electron chi connectivity index (χ0n) is 10.6. The summed E-state index contributed by atoms with van der Waals surface area (Å²) >= 11 is 7.68. The van der Waals surface area contributed by atoms with Crippen LogP contribution in [0.3, 0.4) is 0 Å². The number of halogens is 1. The molecule has 0 atom stereocenters. The standard InChI is InChI=1S/C14H14ClN3S/c1-10-4-5-11(19-10)9-18-13(6-7-15)17-12-3-2-8-16-14(12)18/h2-5,8H,6-7,9H2,1H3. The summed E-state index contributed by atoms with van der Waals surface area (Å²) in [4.78, 5) is 11.7. The lowest BCUT2D eigenvalue weighted by Gasteiger charge is -2.06. The summed E-state index contributed by atoms with van der Waals surface area (Å²) in [5.74, 6) is 1.59. The molecule has 19 heavy (non-hydrogen) atoms. The zero-order chi connectivity index (χ0) is 13.2. The van der Waals surface area contributed by atoms with Crippen LogP contribution in [-0.4, -0.2) is 20.4 Å². The molecule has 0 fully saturated rings. The van der Waals surface area contributed by atoms with E-state index in [-0.39, 0.29) is 0 Å². The Balaban J connectivity index is 2.06. The Bertz CT molecular complexity index is 702. The molecule has 5 heteroatoms. The van der Waals surface area contributed by atoms with E-state index in [4.69, 9.17) is 11.6 Å². The second-order valence-corrected chi connectivity index (χ2v) is 6.16. The highest BCUT2D eigenvalue weighted by Crippen LogP contribution is 2.21. The Morgan fingerprint density at radius 3 is 2.95 bits per heavy atom. The summed E-state index contributed by atoms with van der Waals surface area (Å²) in [6.07, 6.45) is 2.58. The summed E-state index contributed by atoms with van der Waals surface area (Å²) in [6.45, 7) is 2.94. The first kappa shape index (κ1) is 12.6. The van der Waals surface area contributed by atoms with Crippen molar-refractivity contribution in [2.24, 2.45) is 0 Å². The molecule has 3 rings (SSSR count). The predicted octanol–water partition coefficient (Wildman–Crippen LogP) is 3.63. The molecule has 0 aromatic carbocycles. The van der Waals surface area contributed by atoms with E-state index < -0.39 is 0 Å². The van der Waals surface area contributed by atoms with Crippen LogP contribution in [0.2, 0.25) is 0 Å². The van der Waals surface area contributed by atoms with E-state index in [0.717, 1.165) is 30.0 Å². The number of rotatable bonds is 4. The Hall–Kier alpha value is -1.39. The van der Waals surface area contributed by atoms with Crippen molar-refractivity contribution in [2.45, 2.75) is 19.9 Å². The van der Waals surface area contributed by atoms with Crippen molar-refractivity contribution in [1.82, 2.24) is 14.5 Å². The van der Waals surface area contributed by atoms with Crippen LogP contribution in [0.5, 0.6) is 0 Å². The molecule has 0 unspecified atom stereocenters. The van der Waals surface area contributed by atoms with Gasteiger partial charge in [0, 0.05) is 28.3 Å². The quantitative estimate of drug-likeness (QED) is 0.687. The molecule has 0 aliphatic heterocycles. The lowest BCUT2D eigenvalue weighted by atomic mass is 10.4. The minimum atomic E-state index is 0.576. The normalized spacial score (nSPS) is 11.3. The summed E-state index contributed by atoms with van der Waals surface area (Å²) in [5, 5.41) is 0.